The summed E-state index contributed by atoms with van der Waals surface area (Å²) in [7, 11) is 0. The van der Waals surface area contributed by atoms with Crippen LogP contribution in [-0.2, 0) is 4.79 Å². The van der Waals surface area contributed by atoms with E-state index in [1.807, 2.05) is 31.2 Å². The third kappa shape index (κ3) is 3.31. The van der Waals surface area contributed by atoms with Crippen LogP contribution < -0.4 is 4.74 Å². The summed E-state index contributed by atoms with van der Waals surface area (Å²) in [5.41, 5.74) is 0.843. The van der Waals surface area contributed by atoms with Crippen LogP contribution in [0.15, 0.2) is 30.3 Å². The maximum Gasteiger partial charge on any atom is 0.328 e. The number of carboxylic acid groups (broad SMARTS) is 1. The molecular formula is C11H12O3. The van der Waals surface area contributed by atoms with Crippen LogP contribution in [0.4, 0.5) is 0 Å². The molecule has 1 aromatic carbocycles. The molecule has 74 valence electrons. The van der Waals surface area contributed by atoms with Crippen LogP contribution in [0.1, 0.15) is 12.5 Å². The monoisotopic (exact) mass is 192 g/mol. The molecule has 0 amide bonds. The van der Waals surface area contributed by atoms with Crippen molar-refractivity contribution in [2.24, 2.45) is 0 Å². The molecule has 0 aromatic heterocycles. The normalized spacial score (nSPS) is 10.4. The fraction of sp³-hybridized carbons (Fsp3) is 0.182. The van der Waals surface area contributed by atoms with Gasteiger partial charge in [0.25, 0.3) is 0 Å². The van der Waals surface area contributed by atoms with Crippen LogP contribution >= 0.6 is 0 Å². The fourth-order valence-electron chi connectivity index (χ4n) is 1.01. The molecular weight excluding hydrogens is 180 g/mol. The molecule has 0 bridgehead atoms. The Morgan fingerprint density at radius 1 is 1.43 bits per heavy atom. The van der Waals surface area contributed by atoms with Gasteiger partial charge in [-0.2, -0.15) is 0 Å². The summed E-state index contributed by atoms with van der Waals surface area (Å²) < 4.78 is 5.25. The van der Waals surface area contributed by atoms with Crippen LogP contribution in [0.5, 0.6) is 5.75 Å². The zero-order valence-corrected chi connectivity index (χ0v) is 7.93. The Morgan fingerprint density at radius 2 is 2.07 bits per heavy atom. The number of ether oxygens (including phenoxy) is 1. The fourth-order valence-corrected chi connectivity index (χ4v) is 1.01. The molecule has 1 rings (SSSR count). The Morgan fingerprint density at radius 3 is 2.57 bits per heavy atom. The minimum absolute atomic E-state index is 0.629. The van der Waals surface area contributed by atoms with Crippen molar-refractivity contribution in [3.63, 3.8) is 0 Å². The van der Waals surface area contributed by atoms with Crippen molar-refractivity contribution in [2.45, 2.75) is 6.92 Å². The van der Waals surface area contributed by atoms with E-state index in [0.29, 0.717) is 6.61 Å². The minimum atomic E-state index is -0.945. The minimum Gasteiger partial charge on any atom is -0.494 e. The predicted molar refractivity (Wildman–Crippen MR) is 54.3 cm³/mol. The van der Waals surface area contributed by atoms with Gasteiger partial charge in [-0.15, -0.1) is 0 Å². The third-order valence-electron chi connectivity index (χ3n) is 1.61. The summed E-state index contributed by atoms with van der Waals surface area (Å²) in [6, 6.07) is 7.24. The largest absolute Gasteiger partial charge is 0.494 e. The van der Waals surface area contributed by atoms with Crippen LogP contribution in [0.25, 0.3) is 6.08 Å². The zero-order valence-electron chi connectivity index (χ0n) is 7.93. The topological polar surface area (TPSA) is 46.5 Å². The molecule has 3 heteroatoms. The number of carbonyl (C=O) groups is 1. The number of hydrogen-bond acceptors (Lipinski definition) is 2. The number of hydrogen-bond donors (Lipinski definition) is 1. The number of benzene rings is 1. The molecule has 1 N–H and O–H groups in total. The zero-order chi connectivity index (χ0) is 10.4. The van der Waals surface area contributed by atoms with Crippen molar-refractivity contribution in [3.05, 3.63) is 35.9 Å². The van der Waals surface area contributed by atoms with Gasteiger partial charge in [0.05, 0.1) is 6.61 Å². The maximum atomic E-state index is 10.2. The van der Waals surface area contributed by atoms with Gasteiger partial charge >= 0.3 is 5.97 Å². The van der Waals surface area contributed by atoms with E-state index in [0.717, 1.165) is 17.4 Å². The first-order valence-electron chi connectivity index (χ1n) is 4.36. The van der Waals surface area contributed by atoms with Gasteiger partial charge in [-0.25, -0.2) is 4.79 Å². The third-order valence-corrected chi connectivity index (χ3v) is 1.61. The lowest BCUT2D eigenvalue weighted by atomic mass is 10.2. The van der Waals surface area contributed by atoms with Crippen molar-refractivity contribution in [1.82, 2.24) is 0 Å². The highest BCUT2D eigenvalue weighted by atomic mass is 16.5. The van der Waals surface area contributed by atoms with Crippen LogP contribution in [0.2, 0.25) is 0 Å². The van der Waals surface area contributed by atoms with Gasteiger partial charge in [0.2, 0.25) is 0 Å². The Labute approximate surface area is 82.6 Å². The Bertz CT molecular complexity index is 325. The molecule has 0 spiro atoms. The second-order valence-corrected chi connectivity index (χ2v) is 2.67. The van der Waals surface area contributed by atoms with Crippen molar-refractivity contribution >= 4 is 12.0 Å². The van der Waals surface area contributed by atoms with Gasteiger partial charge in [0.15, 0.2) is 0 Å². The van der Waals surface area contributed by atoms with Crippen LogP contribution in [-0.4, -0.2) is 17.7 Å². The predicted octanol–water partition coefficient (Wildman–Crippen LogP) is 2.18. The summed E-state index contributed by atoms with van der Waals surface area (Å²) in [5, 5.41) is 8.40. The molecule has 0 heterocycles. The molecule has 14 heavy (non-hydrogen) atoms. The lowest BCUT2D eigenvalue weighted by Gasteiger charge is -2.01. The van der Waals surface area contributed by atoms with E-state index in [-0.39, 0.29) is 0 Å². The highest BCUT2D eigenvalue weighted by Gasteiger charge is 1.92. The van der Waals surface area contributed by atoms with Crippen molar-refractivity contribution in [1.29, 1.82) is 0 Å². The smallest absolute Gasteiger partial charge is 0.328 e. The number of carboxylic acids is 1. The lowest BCUT2D eigenvalue weighted by Crippen LogP contribution is -1.90. The molecule has 0 saturated carbocycles. The molecule has 1 aromatic rings. The first-order chi connectivity index (χ1) is 6.72. The molecule has 0 atom stereocenters. The van der Waals surface area contributed by atoms with Gasteiger partial charge in [0, 0.05) is 6.08 Å². The second kappa shape index (κ2) is 5.07. The second-order valence-electron chi connectivity index (χ2n) is 2.67. The van der Waals surface area contributed by atoms with Crippen molar-refractivity contribution < 1.29 is 14.6 Å². The van der Waals surface area contributed by atoms with Gasteiger partial charge in [-0.05, 0) is 30.7 Å². The van der Waals surface area contributed by atoms with Gasteiger partial charge in [-0.3, -0.25) is 0 Å². The number of rotatable bonds is 4. The Kier molecular flexibility index (Phi) is 3.73. The van der Waals surface area contributed by atoms with Crippen LogP contribution in [0.3, 0.4) is 0 Å². The Hall–Kier alpha value is -1.77. The van der Waals surface area contributed by atoms with E-state index in [2.05, 4.69) is 0 Å². The highest BCUT2D eigenvalue weighted by Crippen LogP contribution is 2.12. The Balaban J connectivity index is 2.68. The quantitative estimate of drug-likeness (QED) is 0.744. The van der Waals surface area contributed by atoms with Gasteiger partial charge in [0.1, 0.15) is 5.75 Å². The van der Waals surface area contributed by atoms with Gasteiger partial charge in [-0.1, -0.05) is 12.1 Å². The molecule has 0 aliphatic rings. The summed E-state index contributed by atoms with van der Waals surface area (Å²) in [4.78, 5) is 10.2. The van der Waals surface area contributed by atoms with Crippen LogP contribution in [0, 0.1) is 0 Å². The average Bonchev–Trinajstić information content (AvgIpc) is 2.17. The highest BCUT2D eigenvalue weighted by molar-refractivity contribution is 5.85. The SMILES string of the molecule is CCOc1ccc(/C=C/C(=O)O)cc1. The summed E-state index contributed by atoms with van der Waals surface area (Å²) >= 11 is 0. The van der Waals surface area contributed by atoms with E-state index >= 15 is 0 Å². The van der Waals surface area contributed by atoms with E-state index in [1.165, 1.54) is 6.08 Å². The first-order valence-corrected chi connectivity index (χ1v) is 4.36. The summed E-state index contributed by atoms with van der Waals surface area (Å²) in [5.74, 6) is -0.154. The van der Waals surface area contributed by atoms with E-state index in [9.17, 15) is 4.79 Å². The van der Waals surface area contributed by atoms with Crippen molar-refractivity contribution in [3.8, 4) is 5.75 Å². The standard InChI is InChI=1S/C11H12O3/c1-2-14-10-6-3-9(4-7-10)5-8-11(12)13/h3-8H,2H2,1H3,(H,12,13)/b8-5+. The summed E-state index contributed by atoms with van der Waals surface area (Å²) in [6.45, 7) is 2.54. The molecule has 0 saturated heterocycles. The van der Waals surface area contributed by atoms with E-state index < -0.39 is 5.97 Å². The number of aliphatic carboxylic acids is 1. The molecule has 0 fully saturated rings. The molecule has 0 aliphatic heterocycles. The lowest BCUT2D eigenvalue weighted by molar-refractivity contribution is -0.131. The molecule has 3 nitrogen and oxygen atoms in total. The van der Waals surface area contributed by atoms with E-state index in [4.69, 9.17) is 9.84 Å². The van der Waals surface area contributed by atoms with Crippen molar-refractivity contribution in [2.75, 3.05) is 6.61 Å². The maximum absolute atomic E-state index is 10.2. The average molecular weight is 192 g/mol. The first kappa shape index (κ1) is 10.3. The van der Waals surface area contributed by atoms with E-state index in [1.54, 1.807) is 0 Å². The molecule has 0 aliphatic carbocycles. The summed E-state index contributed by atoms with van der Waals surface area (Å²) in [6.07, 6.45) is 2.65. The molecule has 0 unspecified atom stereocenters. The molecule has 0 radical (unpaired) electrons. The van der Waals surface area contributed by atoms with Gasteiger partial charge < -0.3 is 9.84 Å².